The normalized spacial score (nSPS) is 9.82. The molecular weight excluding hydrogens is 240 g/mol. The van der Waals surface area contributed by atoms with E-state index in [-0.39, 0.29) is 17.5 Å². The number of thiophene rings is 1. The van der Waals surface area contributed by atoms with Crippen molar-refractivity contribution in [1.29, 1.82) is 0 Å². The van der Waals surface area contributed by atoms with E-state index in [9.17, 15) is 9.59 Å². The van der Waals surface area contributed by atoms with Gasteiger partial charge in [-0.1, -0.05) is 0 Å². The maximum atomic E-state index is 11.7. The number of hydrogen-bond acceptors (Lipinski definition) is 5. The fourth-order valence-corrected chi connectivity index (χ4v) is 2.49. The van der Waals surface area contributed by atoms with E-state index in [1.165, 1.54) is 25.4 Å². The van der Waals surface area contributed by atoms with E-state index in [0.29, 0.717) is 22.0 Å². The summed E-state index contributed by atoms with van der Waals surface area (Å²) < 4.78 is 0. The smallest absolute Gasteiger partial charge is 0.263 e. The predicted octanol–water partition coefficient (Wildman–Crippen LogP) is 0.481. The van der Waals surface area contributed by atoms with E-state index < -0.39 is 0 Å². The molecule has 0 spiro atoms. The summed E-state index contributed by atoms with van der Waals surface area (Å²) in [6.45, 7) is 2.56. The molecule has 94 valence electrons. The Morgan fingerprint density at radius 2 is 1.82 bits per heavy atom. The molecule has 1 aromatic heterocycles. The van der Waals surface area contributed by atoms with Crippen LogP contribution < -0.4 is 21.7 Å². The molecule has 0 saturated carbocycles. The van der Waals surface area contributed by atoms with Gasteiger partial charge in [0.05, 0.1) is 11.3 Å². The first-order chi connectivity index (χ1) is 8.06. The van der Waals surface area contributed by atoms with E-state index in [1.807, 2.05) is 6.92 Å². The summed E-state index contributed by atoms with van der Waals surface area (Å²) in [5.74, 6) is -0.591. The predicted molar refractivity (Wildman–Crippen MR) is 69.7 cm³/mol. The molecule has 0 aliphatic heterocycles. The van der Waals surface area contributed by atoms with Crippen molar-refractivity contribution in [2.75, 3.05) is 31.7 Å². The summed E-state index contributed by atoms with van der Waals surface area (Å²) in [7, 11) is 3.04. The molecule has 1 rings (SSSR count). The molecule has 0 bridgehead atoms. The van der Waals surface area contributed by atoms with Gasteiger partial charge in [-0.15, -0.1) is 11.3 Å². The van der Waals surface area contributed by atoms with E-state index in [0.717, 1.165) is 0 Å². The zero-order valence-electron chi connectivity index (χ0n) is 10.0. The Morgan fingerprint density at radius 1 is 1.24 bits per heavy atom. The average Bonchev–Trinajstić information content (AvgIpc) is 2.65. The fraction of sp³-hybridized carbons (Fsp3) is 0.400. The van der Waals surface area contributed by atoms with Crippen molar-refractivity contribution < 1.29 is 9.59 Å². The molecule has 1 aromatic rings. The van der Waals surface area contributed by atoms with Crippen molar-refractivity contribution in [3.63, 3.8) is 0 Å². The Balaban J connectivity index is 3.29. The van der Waals surface area contributed by atoms with Crippen molar-refractivity contribution in [1.82, 2.24) is 10.6 Å². The molecule has 0 aliphatic rings. The van der Waals surface area contributed by atoms with E-state index in [2.05, 4.69) is 16.0 Å². The minimum absolute atomic E-state index is 0.213. The standard InChI is InChI=1S/C10H16N4O2S/c1-4-14-10-5(8(15)12-2)6(11)7(17-10)9(16)13-3/h14H,4,11H2,1-3H3,(H,12,15)(H,13,16). The zero-order chi connectivity index (χ0) is 13.0. The van der Waals surface area contributed by atoms with E-state index in [1.54, 1.807) is 0 Å². The lowest BCUT2D eigenvalue weighted by molar-refractivity contribution is 0.0963. The second kappa shape index (κ2) is 5.53. The fourth-order valence-electron chi connectivity index (χ4n) is 1.36. The lowest BCUT2D eigenvalue weighted by atomic mass is 10.2. The molecule has 0 unspecified atom stereocenters. The summed E-state index contributed by atoms with van der Waals surface area (Å²) in [6, 6.07) is 0. The van der Waals surface area contributed by atoms with Crippen LogP contribution in [-0.2, 0) is 0 Å². The quantitative estimate of drug-likeness (QED) is 0.630. The van der Waals surface area contributed by atoms with Crippen LogP contribution in [0.2, 0.25) is 0 Å². The molecule has 5 N–H and O–H groups in total. The van der Waals surface area contributed by atoms with Crippen LogP contribution in [0.5, 0.6) is 0 Å². The molecule has 0 aliphatic carbocycles. The van der Waals surface area contributed by atoms with Gasteiger partial charge in [0, 0.05) is 20.6 Å². The number of nitrogens with one attached hydrogen (secondary N) is 3. The molecule has 17 heavy (non-hydrogen) atoms. The zero-order valence-corrected chi connectivity index (χ0v) is 10.8. The Bertz CT molecular complexity index is 442. The summed E-state index contributed by atoms with van der Waals surface area (Å²) in [4.78, 5) is 23.6. The Hall–Kier alpha value is -1.76. The first-order valence-corrected chi connectivity index (χ1v) is 5.98. The van der Waals surface area contributed by atoms with Crippen LogP contribution in [0, 0.1) is 0 Å². The molecular formula is C10H16N4O2S. The third-order valence-corrected chi connectivity index (χ3v) is 3.33. The summed E-state index contributed by atoms with van der Waals surface area (Å²) >= 11 is 1.18. The van der Waals surface area contributed by atoms with Crippen LogP contribution in [0.3, 0.4) is 0 Å². The minimum Gasteiger partial charge on any atom is -0.397 e. The average molecular weight is 256 g/mol. The molecule has 2 amide bonds. The molecule has 1 heterocycles. The number of rotatable bonds is 4. The largest absolute Gasteiger partial charge is 0.397 e. The van der Waals surface area contributed by atoms with E-state index >= 15 is 0 Å². The van der Waals surface area contributed by atoms with Crippen LogP contribution in [-0.4, -0.2) is 32.5 Å². The molecule has 7 heteroatoms. The third-order valence-electron chi connectivity index (χ3n) is 2.17. The van der Waals surface area contributed by atoms with E-state index in [4.69, 9.17) is 5.73 Å². The van der Waals surface area contributed by atoms with Crippen molar-refractivity contribution in [3.8, 4) is 0 Å². The second-order valence-corrected chi connectivity index (χ2v) is 4.26. The molecule has 0 aromatic carbocycles. The van der Waals surface area contributed by atoms with Crippen molar-refractivity contribution in [2.45, 2.75) is 6.92 Å². The van der Waals surface area contributed by atoms with Gasteiger partial charge in [0.2, 0.25) is 0 Å². The first-order valence-electron chi connectivity index (χ1n) is 5.17. The molecule has 0 atom stereocenters. The van der Waals surface area contributed by atoms with Gasteiger partial charge < -0.3 is 21.7 Å². The highest BCUT2D eigenvalue weighted by atomic mass is 32.1. The topological polar surface area (TPSA) is 96.2 Å². The third kappa shape index (κ3) is 2.50. The molecule has 0 saturated heterocycles. The number of anilines is 2. The van der Waals surface area contributed by atoms with Gasteiger partial charge in [0.15, 0.2) is 0 Å². The lowest BCUT2D eigenvalue weighted by Crippen LogP contribution is -2.21. The van der Waals surface area contributed by atoms with Crippen molar-refractivity contribution in [3.05, 3.63) is 10.4 Å². The highest BCUT2D eigenvalue weighted by Crippen LogP contribution is 2.35. The highest BCUT2D eigenvalue weighted by molar-refractivity contribution is 7.19. The number of carbonyl (C=O) groups is 2. The van der Waals surface area contributed by atoms with Crippen LogP contribution in [0.4, 0.5) is 10.7 Å². The van der Waals surface area contributed by atoms with Crippen LogP contribution in [0.1, 0.15) is 27.0 Å². The van der Waals surface area contributed by atoms with Gasteiger partial charge in [0.25, 0.3) is 11.8 Å². The summed E-state index contributed by atoms with van der Waals surface area (Å²) in [5, 5.41) is 8.64. The highest BCUT2D eigenvalue weighted by Gasteiger charge is 2.24. The van der Waals surface area contributed by atoms with Gasteiger partial charge in [-0.05, 0) is 6.92 Å². The van der Waals surface area contributed by atoms with Crippen molar-refractivity contribution >= 4 is 33.8 Å². The lowest BCUT2D eigenvalue weighted by Gasteiger charge is -2.04. The second-order valence-electron chi connectivity index (χ2n) is 3.24. The summed E-state index contributed by atoms with van der Waals surface area (Å²) in [6.07, 6.45) is 0. The Kier molecular flexibility index (Phi) is 4.33. The van der Waals surface area contributed by atoms with Crippen LogP contribution in [0.15, 0.2) is 0 Å². The Labute approximate surface area is 104 Å². The van der Waals surface area contributed by atoms with Crippen molar-refractivity contribution in [2.24, 2.45) is 0 Å². The number of nitrogens with two attached hydrogens (primary N) is 1. The van der Waals surface area contributed by atoms with Gasteiger partial charge in [-0.2, -0.15) is 0 Å². The van der Waals surface area contributed by atoms with Gasteiger partial charge in [0.1, 0.15) is 9.88 Å². The first kappa shape index (κ1) is 13.3. The number of nitrogen functional groups attached to an aromatic ring is 1. The monoisotopic (exact) mass is 256 g/mol. The van der Waals surface area contributed by atoms with Gasteiger partial charge in [-0.25, -0.2) is 0 Å². The van der Waals surface area contributed by atoms with Crippen LogP contribution in [0.25, 0.3) is 0 Å². The maximum absolute atomic E-state index is 11.7. The van der Waals surface area contributed by atoms with Gasteiger partial charge >= 0.3 is 0 Å². The molecule has 0 fully saturated rings. The Morgan fingerprint density at radius 3 is 2.29 bits per heavy atom. The molecule has 0 radical (unpaired) electrons. The SMILES string of the molecule is CCNc1sc(C(=O)NC)c(N)c1C(=O)NC. The van der Waals surface area contributed by atoms with Gasteiger partial charge in [-0.3, -0.25) is 9.59 Å². The number of amides is 2. The summed E-state index contributed by atoms with van der Waals surface area (Å²) in [5.41, 5.74) is 6.38. The van der Waals surface area contributed by atoms with Crippen LogP contribution >= 0.6 is 11.3 Å². The maximum Gasteiger partial charge on any atom is 0.263 e. The minimum atomic E-state index is -0.301. The number of hydrogen-bond donors (Lipinski definition) is 4. The molecule has 6 nitrogen and oxygen atoms in total. The number of carbonyl (C=O) groups excluding carboxylic acids is 2.